The van der Waals surface area contributed by atoms with Crippen LogP contribution in [0.4, 0.5) is 13.2 Å². The summed E-state index contributed by atoms with van der Waals surface area (Å²) in [4.78, 5) is 3.44. The van der Waals surface area contributed by atoms with Crippen LogP contribution in [0.2, 0.25) is 0 Å². The molecule has 0 aliphatic carbocycles. The summed E-state index contributed by atoms with van der Waals surface area (Å²) in [6.45, 7) is 3.46. The van der Waals surface area contributed by atoms with E-state index in [2.05, 4.69) is 15.0 Å². The molecule has 1 aromatic carbocycles. The van der Waals surface area contributed by atoms with Crippen LogP contribution >= 0.6 is 36.2 Å². The summed E-state index contributed by atoms with van der Waals surface area (Å²) in [6, 6.07) is 8.25. The number of ether oxygens (including phenoxy) is 2. The zero-order valence-electron chi connectivity index (χ0n) is 14.5. The lowest BCUT2D eigenvalue weighted by Gasteiger charge is -2.35. The van der Waals surface area contributed by atoms with Gasteiger partial charge in [0.1, 0.15) is 11.5 Å². The first-order valence-electron chi connectivity index (χ1n) is 7.90. The van der Waals surface area contributed by atoms with Gasteiger partial charge in [0.05, 0.1) is 13.2 Å². The van der Waals surface area contributed by atoms with Gasteiger partial charge in [-0.1, -0.05) is 6.07 Å². The molecule has 0 bridgehead atoms. The van der Waals surface area contributed by atoms with Crippen molar-refractivity contribution in [3.63, 3.8) is 0 Å². The van der Waals surface area contributed by atoms with E-state index in [1.165, 1.54) is 19.2 Å². The molecule has 0 spiro atoms. The van der Waals surface area contributed by atoms with Gasteiger partial charge in [-0.2, -0.15) is 0 Å². The van der Waals surface area contributed by atoms with Gasteiger partial charge in [-0.25, -0.2) is 0 Å². The van der Waals surface area contributed by atoms with E-state index in [9.17, 15) is 13.2 Å². The van der Waals surface area contributed by atoms with Gasteiger partial charge in [-0.3, -0.25) is 4.90 Å². The molecule has 2 aromatic rings. The van der Waals surface area contributed by atoms with Crippen LogP contribution in [0.5, 0.6) is 11.5 Å². The van der Waals surface area contributed by atoms with E-state index >= 15 is 0 Å². The molecule has 10 heteroatoms. The molecule has 1 aliphatic rings. The Labute approximate surface area is 172 Å². The molecule has 1 atom stereocenters. The van der Waals surface area contributed by atoms with Gasteiger partial charge in [0.2, 0.25) is 0 Å². The molecule has 1 aliphatic heterocycles. The summed E-state index contributed by atoms with van der Waals surface area (Å²) in [5.74, 6) is 0.108. The van der Waals surface area contributed by atoms with Gasteiger partial charge in [-0.05, 0) is 23.6 Å². The second-order valence-corrected chi connectivity index (χ2v) is 6.63. The smallest absolute Gasteiger partial charge is 0.496 e. The fourth-order valence-electron chi connectivity index (χ4n) is 3.03. The number of nitrogens with one attached hydrogen (secondary N) is 1. The molecule has 0 amide bonds. The number of thiophene rings is 1. The van der Waals surface area contributed by atoms with E-state index in [0.29, 0.717) is 5.75 Å². The number of rotatable bonds is 5. The zero-order valence-corrected chi connectivity index (χ0v) is 16.9. The second-order valence-electron chi connectivity index (χ2n) is 5.66. The molecular weight excluding hydrogens is 424 g/mol. The fraction of sp³-hybridized carbons (Fsp3) is 0.412. The van der Waals surface area contributed by atoms with Crippen molar-refractivity contribution in [2.24, 2.45) is 0 Å². The summed E-state index contributed by atoms with van der Waals surface area (Å²) in [5.41, 5.74) is 0.835. The first-order chi connectivity index (χ1) is 12.0. The van der Waals surface area contributed by atoms with Crippen molar-refractivity contribution in [2.45, 2.75) is 12.4 Å². The molecule has 3 rings (SSSR count). The fourth-order valence-corrected chi connectivity index (χ4v) is 3.91. The van der Waals surface area contributed by atoms with Crippen molar-refractivity contribution in [1.82, 2.24) is 10.2 Å². The lowest BCUT2D eigenvalue weighted by Crippen LogP contribution is -2.45. The van der Waals surface area contributed by atoms with Crippen LogP contribution < -0.4 is 14.8 Å². The maximum Gasteiger partial charge on any atom is 0.573 e. The molecule has 1 saturated heterocycles. The molecule has 152 valence electrons. The molecule has 0 saturated carbocycles. The number of benzene rings is 1. The molecule has 1 fully saturated rings. The third-order valence-corrected chi connectivity index (χ3v) is 4.99. The highest BCUT2D eigenvalue weighted by Crippen LogP contribution is 2.39. The number of methoxy groups -OCH3 is 1. The van der Waals surface area contributed by atoms with Crippen LogP contribution in [0, 0.1) is 0 Å². The number of alkyl halides is 3. The maximum absolute atomic E-state index is 12.5. The summed E-state index contributed by atoms with van der Waals surface area (Å²) in [6.07, 6.45) is -4.72. The Morgan fingerprint density at radius 1 is 1.15 bits per heavy atom. The van der Waals surface area contributed by atoms with Crippen molar-refractivity contribution < 1.29 is 22.6 Å². The number of hydrogen-bond donors (Lipinski definition) is 1. The van der Waals surface area contributed by atoms with E-state index in [0.717, 1.165) is 36.6 Å². The van der Waals surface area contributed by atoms with Crippen molar-refractivity contribution in [2.75, 3.05) is 33.3 Å². The monoisotopic (exact) mass is 444 g/mol. The van der Waals surface area contributed by atoms with E-state index in [1.54, 1.807) is 17.4 Å². The highest BCUT2D eigenvalue weighted by Gasteiger charge is 2.32. The van der Waals surface area contributed by atoms with Gasteiger partial charge < -0.3 is 14.8 Å². The Kier molecular flexibility index (Phi) is 9.17. The van der Waals surface area contributed by atoms with E-state index in [4.69, 9.17) is 4.74 Å². The Bertz CT molecular complexity index is 696. The molecule has 2 heterocycles. The van der Waals surface area contributed by atoms with Crippen LogP contribution in [0.1, 0.15) is 16.5 Å². The summed E-state index contributed by atoms with van der Waals surface area (Å²) < 4.78 is 46.8. The zero-order chi connectivity index (χ0) is 17.9. The van der Waals surface area contributed by atoms with E-state index in [-0.39, 0.29) is 36.6 Å². The van der Waals surface area contributed by atoms with Crippen LogP contribution in [-0.2, 0) is 0 Å². The largest absolute Gasteiger partial charge is 0.573 e. The highest BCUT2D eigenvalue weighted by molar-refractivity contribution is 7.10. The predicted octanol–water partition coefficient (Wildman–Crippen LogP) is 4.49. The van der Waals surface area contributed by atoms with Crippen LogP contribution in [0.3, 0.4) is 0 Å². The molecule has 27 heavy (non-hydrogen) atoms. The van der Waals surface area contributed by atoms with Crippen LogP contribution in [-0.4, -0.2) is 44.6 Å². The minimum absolute atomic E-state index is 0. The van der Waals surface area contributed by atoms with Crippen LogP contribution in [0.15, 0.2) is 35.7 Å². The third kappa shape index (κ3) is 6.15. The third-order valence-electron chi connectivity index (χ3n) is 4.06. The minimum atomic E-state index is -4.72. The van der Waals surface area contributed by atoms with Gasteiger partial charge in [-0.15, -0.1) is 49.3 Å². The predicted molar refractivity (Wildman–Crippen MR) is 105 cm³/mol. The SMILES string of the molecule is COc1cc(OC(F)(F)F)ccc1[C@@H](c1cccs1)N1CCNCC1.Cl.Cl. The normalized spacial score (nSPS) is 16.0. The number of nitrogens with zero attached hydrogens (tertiary/aromatic N) is 1. The molecule has 1 aromatic heterocycles. The Morgan fingerprint density at radius 3 is 2.41 bits per heavy atom. The van der Waals surface area contributed by atoms with E-state index < -0.39 is 6.36 Å². The maximum atomic E-state index is 12.5. The van der Waals surface area contributed by atoms with Gasteiger partial charge in [0, 0.05) is 42.7 Å². The summed E-state index contributed by atoms with van der Waals surface area (Å²) in [5, 5.41) is 5.31. The van der Waals surface area contributed by atoms with Crippen molar-refractivity contribution in [1.29, 1.82) is 0 Å². The molecule has 0 radical (unpaired) electrons. The Hall–Kier alpha value is -1.19. The molecule has 4 nitrogen and oxygen atoms in total. The van der Waals surface area contributed by atoms with Gasteiger partial charge in [0.15, 0.2) is 0 Å². The van der Waals surface area contributed by atoms with Crippen molar-refractivity contribution >= 4 is 36.2 Å². The van der Waals surface area contributed by atoms with E-state index in [1.807, 2.05) is 17.5 Å². The lowest BCUT2D eigenvalue weighted by atomic mass is 10.0. The second kappa shape index (κ2) is 10.4. The first-order valence-corrected chi connectivity index (χ1v) is 8.78. The Balaban J connectivity index is 0.00000182. The highest BCUT2D eigenvalue weighted by atomic mass is 35.5. The van der Waals surface area contributed by atoms with Gasteiger partial charge in [0.25, 0.3) is 0 Å². The molecular formula is C17H21Cl2F3N2O2S. The first kappa shape index (κ1) is 23.8. The number of hydrogen-bond acceptors (Lipinski definition) is 5. The minimum Gasteiger partial charge on any atom is -0.496 e. The summed E-state index contributed by atoms with van der Waals surface area (Å²) >= 11 is 1.62. The molecule has 0 unspecified atom stereocenters. The lowest BCUT2D eigenvalue weighted by molar-refractivity contribution is -0.274. The standard InChI is InChI=1S/C17H19F3N2O2S.2ClH/c1-23-14-11-12(24-17(18,19)20)4-5-13(14)16(15-3-2-10-25-15)22-8-6-21-7-9-22;;/h2-5,10-11,16,21H,6-9H2,1H3;2*1H/t16-;;/m0../s1. The average molecular weight is 445 g/mol. The average Bonchev–Trinajstić information content (AvgIpc) is 3.10. The Morgan fingerprint density at radius 2 is 1.85 bits per heavy atom. The number of halogens is 5. The number of piperazine rings is 1. The topological polar surface area (TPSA) is 33.7 Å². The van der Waals surface area contributed by atoms with Crippen molar-refractivity contribution in [3.05, 3.63) is 46.2 Å². The summed E-state index contributed by atoms with van der Waals surface area (Å²) in [7, 11) is 1.46. The quantitative estimate of drug-likeness (QED) is 0.736. The van der Waals surface area contributed by atoms with Crippen LogP contribution in [0.25, 0.3) is 0 Å². The molecule has 1 N–H and O–H groups in total. The van der Waals surface area contributed by atoms with Gasteiger partial charge >= 0.3 is 6.36 Å². The van der Waals surface area contributed by atoms with Crippen molar-refractivity contribution in [3.8, 4) is 11.5 Å².